The third kappa shape index (κ3) is 2.65. The van der Waals surface area contributed by atoms with E-state index in [4.69, 9.17) is 4.74 Å². The standard InChI is InChI=1S/C18H18O2/c1-4-13-6-8-15(10-17(13)12-19)16-9-7-14(5-2)18(11-16)20-3/h4-11,19H,1-2,12H2,3H3. The highest BCUT2D eigenvalue weighted by atomic mass is 16.5. The minimum atomic E-state index is -0.00291. The first-order chi connectivity index (χ1) is 9.73. The zero-order valence-electron chi connectivity index (χ0n) is 11.6. The number of benzene rings is 2. The van der Waals surface area contributed by atoms with Crippen LogP contribution >= 0.6 is 0 Å². The van der Waals surface area contributed by atoms with Crippen molar-refractivity contribution in [2.45, 2.75) is 6.61 Å². The Bertz CT molecular complexity index is 584. The molecule has 2 aromatic rings. The molecule has 102 valence electrons. The third-order valence-electron chi connectivity index (χ3n) is 3.32. The second kappa shape index (κ2) is 6.22. The van der Waals surface area contributed by atoms with Gasteiger partial charge in [0.2, 0.25) is 0 Å². The Morgan fingerprint density at radius 2 is 1.60 bits per heavy atom. The van der Waals surface area contributed by atoms with E-state index in [2.05, 4.69) is 13.2 Å². The molecular weight excluding hydrogens is 248 g/mol. The Morgan fingerprint density at radius 3 is 2.15 bits per heavy atom. The molecule has 0 unspecified atom stereocenters. The van der Waals surface area contributed by atoms with E-state index >= 15 is 0 Å². The van der Waals surface area contributed by atoms with Crippen LogP contribution in [0.4, 0.5) is 0 Å². The van der Waals surface area contributed by atoms with Crippen molar-refractivity contribution >= 4 is 12.2 Å². The summed E-state index contributed by atoms with van der Waals surface area (Å²) in [5.41, 5.74) is 4.85. The molecule has 0 aliphatic heterocycles. The highest BCUT2D eigenvalue weighted by molar-refractivity contribution is 5.71. The maximum atomic E-state index is 9.42. The summed E-state index contributed by atoms with van der Waals surface area (Å²) in [6.07, 6.45) is 3.51. The summed E-state index contributed by atoms with van der Waals surface area (Å²) in [5.74, 6) is 0.788. The van der Waals surface area contributed by atoms with Crippen molar-refractivity contribution in [3.05, 3.63) is 66.2 Å². The SMILES string of the molecule is C=Cc1ccc(-c2ccc(C=C)c(OC)c2)cc1CO. The van der Waals surface area contributed by atoms with Gasteiger partial charge in [-0.3, -0.25) is 0 Å². The van der Waals surface area contributed by atoms with Gasteiger partial charge in [0.25, 0.3) is 0 Å². The number of hydrogen-bond acceptors (Lipinski definition) is 2. The van der Waals surface area contributed by atoms with Crippen molar-refractivity contribution in [1.29, 1.82) is 0 Å². The molecule has 0 bridgehead atoms. The van der Waals surface area contributed by atoms with Crippen LogP contribution in [0.25, 0.3) is 23.3 Å². The van der Waals surface area contributed by atoms with Gasteiger partial charge in [0.1, 0.15) is 5.75 Å². The van der Waals surface area contributed by atoms with Crippen LogP contribution in [-0.4, -0.2) is 12.2 Å². The summed E-state index contributed by atoms with van der Waals surface area (Å²) in [7, 11) is 1.64. The highest BCUT2D eigenvalue weighted by Crippen LogP contribution is 2.29. The third-order valence-corrected chi connectivity index (χ3v) is 3.32. The maximum Gasteiger partial charge on any atom is 0.126 e. The van der Waals surface area contributed by atoms with E-state index < -0.39 is 0 Å². The minimum absolute atomic E-state index is 0.00291. The van der Waals surface area contributed by atoms with Gasteiger partial charge in [0.15, 0.2) is 0 Å². The molecule has 0 aliphatic carbocycles. The fraction of sp³-hybridized carbons (Fsp3) is 0.111. The van der Waals surface area contributed by atoms with E-state index in [1.165, 1.54) is 0 Å². The molecule has 0 aliphatic rings. The molecule has 2 nitrogen and oxygen atoms in total. The van der Waals surface area contributed by atoms with Gasteiger partial charge in [0, 0.05) is 5.56 Å². The Labute approximate surface area is 119 Å². The van der Waals surface area contributed by atoms with Crippen LogP contribution in [0.1, 0.15) is 16.7 Å². The largest absolute Gasteiger partial charge is 0.496 e. The van der Waals surface area contributed by atoms with E-state index in [1.54, 1.807) is 19.3 Å². The monoisotopic (exact) mass is 266 g/mol. The first-order valence-electron chi connectivity index (χ1n) is 6.40. The second-order valence-corrected chi connectivity index (χ2v) is 4.44. The summed E-state index contributed by atoms with van der Waals surface area (Å²) < 4.78 is 5.36. The quantitative estimate of drug-likeness (QED) is 0.881. The van der Waals surface area contributed by atoms with Crippen molar-refractivity contribution in [2.75, 3.05) is 7.11 Å². The normalized spacial score (nSPS) is 10.1. The average molecular weight is 266 g/mol. The minimum Gasteiger partial charge on any atom is -0.496 e. The average Bonchev–Trinajstić information content (AvgIpc) is 2.53. The summed E-state index contributed by atoms with van der Waals surface area (Å²) >= 11 is 0. The Hall–Kier alpha value is -2.32. The molecule has 1 N–H and O–H groups in total. The van der Waals surface area contributed by atoms with E-state index in [0.717, 1.165) is 33.6 Å². The number of methoxy groups -OCH3 is 1. The number of hydrogen-bond donors (Lipinski definition) is 1. The first kappa shape index (κ1) is 14.1. The summed E-state index contributed by atoms with van der Waals surface area (Å²) in [6.45, 7) is 7.51. The molecule has 2 heteroatoms. The van der Waals surface area contributed by atoms with E-state index in [9.17, 15) is 5.11 Å². The zero-order chi connectivity index (χ0) is 14.5. The topological polar surface area (TPSA) is 29.5 Å². The Morgan fingerprint density at radius 1 is 1.00 bits per heavy atom. The molecule has 0 atom stereocenters. The number of aliphatic hydroxyl groups excluding tert-OH is 1. The van der Waals surface area contributed by atoms with Crippen LogP contribution < -0.4 is 4.74 Å². The van der Waals surface area contributed by atoms with Gasteiger partial charge < -0.3 is 9.84 Å². The van der Waals surface area contributed by atoms with Gasteiger partial charge in [-0.25, -0.2) is 0 Å². The molecule has 0 heterocycles. The second-order valence-electron chi connectivity index (χ2n) is 4.44. The van der Waals surface area contributed by atoms with E-state index in [-0.39, 0.29) is 6.61 Å². The lowest BCUT2D eigenvalue weighted by Crippen LogP contribution is -1.91. The smallest absolute Gasteiger partial charge is 0.126 e. The van der Waals surface area contributed by atoms with Crippen LogP contribution in [0.3, 0.4) is 0 Å². The van der Waals surface area contributed by atoms with Crippen molar-refractivity contribution in [3.63, 3.8) is 0 Å². The maximum absolute atomic E-state index is 9.42. The summed E-state index contributed by atoms with van der Waals surface area (Å²) in [5, 5.41) is 9.42. The molecule has 2 aromatic carbocycles. The summed E-state index contributed by atoms with van der Waals surface area (Å²) in [6, 6.07) is 11.9. The molecule has 0 spiro atoms. The van der Waals surface area contributed by atoms with Crippen molar-refractivity contribution in [2.24, 2.45) is 0 Å². The molecule has 0 aromatic heterocycles. The fourth-order valence-electron chi connectivity index (χ4n) is 2.18. The van der Waals surface area contributed by atoms with Crippen LogP contribution in [0, 0.1) is 0 Å². The van der Waals surface area contributed by atoms with E-state index in [0.29, 0.717) is 0 Å². The number of aliphatic hydroxyl groups is 1. The number of rotatable bonds is 5. The van der Waals surface area contributed by atoms with Gasteiger partial charge in [-0.1, -0.05) is 49.6 Å². The van der Waals surface area contributed by atoms with Crippen LogP contribution in [-0.2, 0) is 6.61 Å². The lowest BCUT2D eigenvalue weighted by atomic mass is 9.98. The van der Waals surface area contributed by atoms with Crippen molar-refractivity contribution < 1.29 is 9.84 Å². The Balaban J connectivity index is 2.51. The predicted molar refractivity (Wildman–Crippen MR) is 84.5 cm³/mol. The van der Waals surface area contributed by atoms with Gasteiger partial charge in [-0.05, 0) is 34.4 Å². The zero-order valence-corrected chi connectivity index (χ0v) is 11.6. The van der Waals surface area contributed by atoms with Crippen LogP contribution in [0.15, 0.2) is 49.6 Å². The molecule has 0 radical (unpaired) electrons. The molecule has 2 rings (SSSR count). The van der Waals surface area contributed by atoms with Crippen LogP contribution in [0.2, 0.25) is 0 Å². The molecule has 20 heavy (non-hydrogen) atoms. The molecule has 0 fully saturated rings. The molecule has 0 amide bonds. The lowest BCUT2D eigenvalue weighted by molar-refractivity contribution is 0.281. The van der Waals surface area contributed by atoms with Gasteiger partial charge >= 0.3 is 0 Å². The Kier molecular flexibility index (Phi) is 4.38. The lowest BCUT2D eigenvalue weighted by Gasteiger charge is -2.10. The van der Waals surface area contributed by atoms with Gasteiger partial charge in [-0.15, -0.1) is 0 Å². The van der Waals surface area contributed by atoms with E-state index in [1.807, 2.05) is 36.4 Å². The number of ether oxygens (including phenoxy) is 1. The van der Waals surface area contributed by atoms with Crippen LogP contribution in [0.5, 0.6) is 5.75 Å². The predicted octanol–water partition coefficient (Wildman–Crippen LogP) is 4.14. The van der Waals surface area contributed by atoms with Crippen molar-refractivity contribution in [3.8, 4) is 16.9 Å². The molecule has 0 saturated heterocycles. The molecular formula is C18H18O2. The highest BCUT2D eigenvalue weighted by Gasteiger charge is 2.06. The first-order valence-corrected chi connectivity index (χ1v) is 6.40. The van der Waals surface area contributed by atoms with Crippen molar-refractivity contribution in [1.82, 2.24) is 0 Å². The van der Waals surface area contributed by atoms with Gasteiger partial charge in [0.05, 0.1) is 13.7 Å². The molecule has 0 saturated carbocycles. The fourth-order valence-corrected chi connectivity index (χ4v) is 2.18. The summed E-state index contributed by atoms with van der Waals surface area (Å²) in [4.78, 5) is 0. The van der Waals surface area contributed by atoms with Gasteiger partial charge in [-0.2, -0.15) is 0 Å².